The van der Waals surface area contributed by atoms with Crippen LogP contribution in [-0.4, -0.2) is 26.2 Å². The van der Waals surface area contributed by atoms with Crippen molar-refractivity contribution in [2.75, 3.05) is 14.2 Å². The van der Waals surface area contributed by atoms with Crippen molar-refractivity contribution >= 4 is 11.9 Å². The number of ether oxygens (including phenoxy) is 3. The molecule has 0 amide bonds. The zero-order valence-electron chi connectivity index (χ0n) is 13.8. The third kappa shape index (κ3) is 4.12. The summed E-state index contributed by atoms with van der Waals surface area (Å²) in [6, 6.07) is 7.62. The Labute approximate surface area is 136 Å². The highest BCUT2D eigenvalue weighted by Gasteiger charge is 2.23. The first-order valence-corrected chi connectivity index (χ1v) is 7.66. The van der Waals surface area contributed by atoms with Gasteiger partial charge in [0.1, 0.15) is 12.4 Å². The second kappa shape index (κ2) is 7.81. The predicted octanol–water partition coefficient (Wildman–Crippen LogP) is 3.09. The fourth-order valence-corrected chi connectivity index (χ4v) is 2.60. The molecule has 0 saturated heterocycles. The maximum atomic E-state index is 11.6. The molecule has 0 N–H and O–H groups in total. The lowest BCUT2D eigenvalue weighted by Crippen LogP contribution is -2.10. The summed E-state index contributed by atoms with van der Waals surface area (Å²) in [4.78, 5) is 23.2. The summed E-state index contributed by atoms with van der Waals surface area (Å²) in [5, 5.41) is 0. The number of hydrogen-bond donors (Lipinski definition) is 0. The number of methoxy groups -OCH3 is 2. The fourth-order valence-electron chi connectivity index (χ4n) is 2.60. The molecule has 124 valence electrons. The number of carbonyl (C=O) groups is 2. The Hall–Kier alpha value is -2.30. The van der Waals surface area contributed by atoms with E-state index in [2.05, 4.69) is 0 Å². The minimum absolute atomic E-state index is 0.257. The van der Waals surface area contributed by atoms with Crippen LogP contribution in [0.4, 0.5) is 0 Å². The van der Waals surface area contributed by atoms with Crippen LogP contribution in [0, 0.1) is 0 Å². The maximum absolute atomic E-state index is 11.6. The molecule has 0 heterocycles. The van der Waals surface area contributed by atoms with Crippen LogP contribution in [0.5, 0.6) is 0 Å². The van der Waals surface area contributed by atoms with Gasteiger partial charge in [-0.25, -0.2) is 4.79 Å². The molecule has 23 heavy (non-hydrogen) atoms. The number of benzene rings is 1. The molecular weight excluding hydrogens is 296 g/mol. The summed E-state index contributed by atoms with van der Waals surface area (Å²) in [6.45, 7) is 2.20. The third-order valence-corrected chi connectivity index (χ3v) is 4.05. The highest BCUT2D eigenvalue weighted by molar-refractivity contribution is 5.89. The predicted molar refractivity (Wildman–Crippen MR) is 84.6 cm³/mol. The van der Waals surface area contributed by atoms with Crippen LogP contribution >= 0.6 is 0 Å². The Morgan fingerprint density at radius 2 is 1.78 bits per heavy atom. The molecule has 1 aliphatic carbocycles. The van der Waals surface area contributed by atoms with Crippen molar-refractivity contribution < 1.29 is 23.8 Å². The molecule has 5 heteroatoms. The van der Waals surface area contributed by atoms with Gasteiger partial charge in [0.05, 0.1) is 25.7 Å². The van der Waals surface area contributed by atoms with Gasteiger partial charge in [-0.15, -0.1) is 0 Å². The van der Waals surface area contributed by atoms with Gasteiger partial charge in [0.15, 0.2) is 0 Å². The molecule has 1 aromatic carbocycles. The quantitative estimate of drug-likeness (QED) is 0.754. The van der Waals surface area contributed by atoms with Crippen molar-refractivity contribution in [3.63, 3.8) is 0 Å². The monoisotopic (exact) mass is 318 g/mol. The van der Waals surface area contributed by atoms with E-state index >= 15 is 0 Å². The molecule has 0 fully saturated rings. The van der Waals surface area contributed by atoms with Crippen LogP contribution in [0.25, 0.3) is 0 Å². The van der Waals surface area contributed by atoms with E-state index in [1.807, 2.05) is 31.2 Å². The summed E-state index contributed by atoms with van der Waals surface area (Å²) in [6.07, 6.45) is 2.38. The van der Waals surface area contributed by atoms with Crippen LogP contribution in [0.3, 0.4) is 0 Å². The van der Waals surface area contributed by atoms with Crippen LogP contribution in [0.15, 0.2) is 35.6 Å². The van der Waals surface area contributed by atoms with Crippen LogP contribution < -0.4 is 0 Å². The first kappa shape index (κ1) is 17.1. The molecule has 0 saturated carbocycles. The third-order valence-electron chi connectivity index (χ3n) is 4.05. The SMILES string of the molecule is COC(=O)C1=C(OCc2ccc(C(C)C(=O)OC)cc2)CCC1. The minimum atomic E-state index is -0.306. The lowest BCUT2D eigenvalue weighted by Gasteiger charge is -2.12. The molecule has 0 aliphatic heterocycles. The molecule has 1 unspecified atom stereocenters. The number of rotatable bonds is 6. The number of carbonyl (C=O) groups excluding carboxylic acids is 2. The van der Waals surface area contributed by atoms with E-state index in [1.165, 1.54) is 14.2 Å². The summed E-state index contributed by atoms with van der Waals surface area (Å²) >= 11 is 0. The largest absolute Gasteiger partial charge is 0.493 e. The number of esters is 2. The number of allylic oxidation sites excluding steroid dienone is 1. The Bertz CT molecular complexity index is 600. The second-order valence-corrected chi connectivity index (χ2v) is 5.52. The summed E-state index contributed by atoms with van der Waals surface area (Å²) < 4.78 is 15.3. The molecule has 5 nitrogen and oxygen atoms in total. The maximum Gasteiger partial charge on any atom is 0.337 e. The zero-order valence-corrected chi connectivity index (χ0v) is 13.8. The molecule has 0 spiro atoms. The first-order chi connectivity index (χ1) is 11.1. The van der Waals surface area contributed by atoms with Crippen molar-refractivity contribution in [2.45, 2.75) is 38.7 Å². The molecule has 1 aliphatic rings. The lowest BCUT2D eigenvalue weighted by molar-refractivity contribution is -0.142. The second-order valence-electron chi connectivity index (χ2n) is 5.52. The van der Waals surface area contributed by atoms with Crippen molar-refractivity contribution in [2.24, 2.45) is 0 Å². The van der Waals surface area contributed by atoms with E-state index in [1.54, 1.807) is 0 Å². The van der Waals surface area contributed by atoms with Gasteiger partial charge in [0.2, 0.25) is 0 Å². The molecule has 0 aromatic heterocycles. The van der Waals surface area contributed by atoms with Gasteiger partial charge < -0.3 is 14.2 Å². The molecule has 0 bridgehead atoms. The fraction of sp³-hybridized carbons (Fsp3) is 0.444. The van der Waals surface area contributed by atoms with Gasteiger partial charge in [0, 0.05) is 6.42 Å². The molecule has 0 radical (unpaired) electrons. The van der Waals surface area contributed by atoms with Crippen molar-refractivity contribution in [3.05, 3.63) is 46.7 Å². The van der Waals surface area contributed by atoms with E-state index in [0.717, 1.165) is 29.7 Å². The van der Waals surface area contributed by atoms with Crippen LogP contribution in [0.1, 0.15) is 43.2 Å². The minimum Gasteiger partial charge on any atom is -0.493 e. The Morgan fingerprint density at radius 3 is 2.39 bits per heavy atom. The summed E-state index contributed by atoms with van der Waals surface area (Å²) in [5.41, 5.74) is 2.52. The van der Waals surface area contributed by atoms with Gasteiger partial charge in [0.25, 0.3) is 0 Å². The zero-order chi connectivity index (χ0) is 16.8. The van der Waals surface area contributed by atoms with E-state index in [-0.39, 0.29) is 17.9 Å². The topological polar surface area (TPSA) is 61.8 Å². The average Bonchev–Trinajstić information content (AvgIpc) is 3.07. The smallest absolute Gasteiger partial charge is 0.337 e. The molecular formula is C18H22O5. The highest BCUT2D eigenvalue weighted by Crippen LogP contribution is 2.28. The first-order valence-electron chi connectivity index (χ1n) is 7.66. The normalized spacial score (nSPS) is 15.3. The summed E-state index contributed by atoms with van der Waals surface area (Å²) in [7, 11) is 2.77. The standard InChI is InChI=1S/C18H22O5/c1-12(17(19)21-2)14-9-7-13(8-10-14)11-23-16-6-4-5-15(16)18(20)22-3/h7-10,12H,4-6,11H2,1-3H3. The van der Waals surface area contributed by atoms with Crippen LogP contribution in [0.2, 0.25) is 0 Å². The van der Waals surface area contributed by atoms with Crippen LogP contribution in [-0.2, 0) is 30.4 Å². The van der Waals surface area contributed by atoms with Gasteiger partial charge in [-0.3, -0.25) is 4.79 Å². The average molecular weight is 318 g/mol. The molecule has 1 atom stereocenters. The summed E-state index contributed by atoms with van der Waals surface area (Å²) in [5.74, 6) is -0.130. The van der Waals surface area contributed by atoms with E-state index in [9.17, 15) is 9.59 Å². The Kier molecular flexibility index (Phi) is 5.79. The Balaban J connectivity index is 1.99. The molecule has 1 aromatic rings. The van der Waals surface area contributed by atoms with Gasteiger partial charge in [-0.2, -0.15) is 0 Å². The van der Waals surface area contributed by atoms with Gasteiger partial charge in [-0.05, 0) is 30.9 Å². The van der Waals surface area contributed by atoms with Crippen molar-refractivity contribution in [1.82, 2.24) is 0 Å². The van der Waals surface area contributed by atoms with E-state index in [4.69, 9.17) is 14.2 Å². The number of hydrogen-bond acceptors (Lipinski definition) is 5. The Morgan fingerprint density at radius 1 is 1.09 bits per heavy atom. The van der Waals surface area contributed by atoms with E-state index < -0.39 is 0 Å². The lowest BCUT2D eigenvalue weighted by atomic mass is 10.0. The highest BCUT2D eigenvalue weighted by atomic mass is 16.5. The van der Waals surface area contributed by atoms with Crippen molar-refractivity contribution in [3.8, 4) is 0 Å². The van der Waals surface area contributed by atoms with Crippen molar-refractivity contribution in [1.29, 1.82) is 0 Å². The van der Waals surface area contributed by atoms with E-state index in [0.29, 0.717) is 18.6 Å². The molecule has 2 rings (SSSR count). The van der Waals surface area contributed by atoms with Gasteiger partial charge in [-0.1, -0.05) is 24.3 Å². The van der Waals surface area contributed by atoms with Gasteiger partial charge >= 0.3 is 11.9 Å².